The maximum atomic E-state index is 12.6. The molecule has 0 aromatic carbocycles. The minimum absolute atomic E-state index is 0.0717. The van der Waals surface area contributed by atoms with Crippen LogP contribution in [0.15, 0.2) is 9.95 Å². The van der Waals surface area contributed by atoms with Gasteiger partial charge in [0.2, 0.25) is 11.8 Å². The molecule has 2 heterocycles. The molecule has 2 aromatic rings. The smallest absolute Gasteiger partial charge is 0.260 e. The van der Waals surface area contributed by atoms with Gasteiger partial charge in [-0.15, -0.1) is 11.3 Å². The van der Waals surface area contributed by atoms with Gasteiger partial charge in [0, 0.05) is 11.4 Å². The molecule has 7 nitrogen and oxygen atoms in total. The lowest BCUT2D eigenvalue weighted by Crippen LogP contribution is -2.45. The van der Waals surface area contributed by atoms with Crippen LogP contribution >= 0.6 is 23.1 Å². The molecule has 0 radical (unpaired) electrons. The molecule has 0 saturated carbocycles. The number of thiophene rings is 1. The molecular formula is C19H28N4O3S2. The van der Waals surface area contributed by atoms with Crippen molar-refractivity contribution in [3.63, 3.8) is 0 Å². The van der Waals surface area contributed by atoms with Gasteiger partial charge in [0.1, 0.15) is 10.9 Å². The first kappa shape index (κ1) is 22.4. The second kappa shape index (κ2) is 10.1. The Kier molecular flexibility index (Phi) is 8.06. The zero-order chi connectivity index (χ0) is 20.8. The molecule has 2 aromatic heterocycles. The van der Waals surface area contributed by atoms with Crippen molar-refractivity contribution in [3.05, 3.63) is 20.8 Å². The van der Waals surface area contributed by atoms with Crippen LogP contribution in [0, 0.1) is 12.8 Å². The minimum atomic E-state index is -0.606. The molecule has 0 aliphatic carbocycles. The molecule has 0 aliphatic heterocycles. The minimum Gasteiger partial charge on any atom is -0.355 e. The fourth-order valence-electron chi connectivity index (χ4n) is 2.77. The lowest BCUT2D eigenvalue weighted by molar-refractivity contribution is -0.127. The molecule has 0 aliphatic rings. The predicted molar refractivity (Wildman–Crippen MR) is 115 cm³/mol. The van der Waals surface area contributed by atoms with E-state index in [1.807, 2.05) is 13.8 Å². The van der Waals surface area contributed by atoms with E-state index in [0.29, 0.717) is 27.8 Å². The molecule has 9 heteroatoms. The highest BCUT2D eigenvalue weighted by atomic mass is 32.2. The molecule has 154 valence electrons. The quantitative estimate of drug-likeness (QED) is 0.424. The zero-order valence-electron chi connectivity index (χ0n) is 17.0. The number of thioether (sulfide) groups is 1. The van der Waals surface area contributed by atoms with Gasteiger partial charge in [-0.25, -0.2) is 4.98 Å². The van der Waals surface area contributed by atoms with Crippen molar-refractivity contribution >= 4 is 45.1 Å². The Hall–Kier alpha value is -1.87. The number of aromatic nitrogens is 2. The molecule has 2 atom stereocenters. The summed E-state index contributed by atoms with van der Waals surface area (Å²) < 4.78 is 0. The normalized spacial score (nSPS) is 13.3. The standard InChI is InChI=1S/C19H28N4O3S2/c1-6-10(3)8-13-12(5)28-18-15(13)17(26)22-19(23-18)27-9-14(24)21-11(4)16(25)20-7-2/h10-11H,6-9H2,1-5H3,(H,20,25)(H,21,24)(H,22,23,26)/t10-,11+/m0/s1. The average molecular weight is 425 g/mol. The summed E-state index contributed by atoms with van der Waals surface area (Å²) in [6, 6.07) is -0.606. The lowest BCUT2D eigenvalue weighted by Gasteiger charge is -2.12. The van der Waals surface area contributed by atoms with E-state index >= 15 is 0 Å². The highest BCUT2D eigenvalue weighted by Gasteiger charge is 2.18. The van der Waals surface area contributed by atoms with Gasteiger partial charge in [-0.2, -0.15) is 0 Å². The lowest BCUT2D eigenvalue weighted by atomic mass is 9.98. The summed E-state index contributed by atoms with van der Waals surface area (Å²) in [5.41, 5.74) is 0.916. The van der Waals surface area contributed by atoms with E-state index in [2.05, 4.69) is 34.4 Å². The second-order valence-electron chi connectivity index (χ2n) is 6.88. The Bertz CT molecular complexity index is 906. The summed E-state index contributed by atoms with van der Waals surface area (Å²) in [6.45, 7) is 10.3. The third kappa shape index (κ3) is 5.57. The van der Waals surface area contributed by atoms with Gasteiger partial charge in [0.05, 0.1) is 11.1 Å². The van der Waals surface area contributed by atoms with Crippen LogP contribution in [-0.2, 0) is 16.0 Å². The number of amides is 2. The van der Waals surface area contributed by atoms with Gasteiger partial charge in [-0.1, -0.05) is 32.0 Å². The van der Waals surface area contributed by atoms with Crippen molar-refractivity contribution in [2.75, 3.05) is 12.3 Å². The van der Waals surface area contributed by atoms with Crippen LogP contribution in [0.3, 0.4) is 0 Å². The van der Waals surface area contributed by atoms with Crippen LogP contribution in [0.2, 0.25) is 0 Å². The molecule has 0 saturated heterocycles. The molecule has 0 spiro atoms. The topological polar surface area (TPSA) is 104 Å². The molecule has 28 heavy (non-hydrogen) atoms. The van der Waals surface area contributed by atoms with E-state index in [0.717, 1.165) is 35.0 Å². The third-order valence-corrected chi connectivity index (χ3v) is 6.47. The number of likely N-dealkylation sites (N-methyl/N-ethyl adjacent to an activating group) is 1. The number of carbonyl (C=O) groups excluding carboxylic acids is 2. The van der Waals surface area contributed by atoms with Crippen LogP contribution in [-0.4, -0.2) is 40.1 Å². The maximum absolute atomic E-state index is 12.6. The number of aryl methyl sites for hydroxylation is 1. The largest absolute Gasteiger partial charge is 0.355 e. The average Bonchev–Trinajstić information content (AvgIpc) is 2.95. The van der Waals surface area contributed by atoms with Crippen molar-refractivity contribution in [2.45, 2.75) is 58.7 Å². The SMILES string of the molecule is CCNC(=O)[C@@H](C)NC(=O)CSc1nc2sc(C)c(C[C@@H](C)CC)c2c(=O)[nH]1. The van der Waals surface area contributed by atoms with Gasteiger partial charge in [-0.05, 0) is 38.7 Å². The Labute approximate surface area is 173 Å². The molecule has 2 amide bonds. The van der Waals surface area contributed by atoms with Gasteiger partial charge in [0.15, 0.2) is 5.16 Å². The number of hydrogen-bond donors (Lipinski definition) is 3. The first-order valence-corrected chi connectivity index (χ1v) is 11.3. The van der Waals surface area contributed by atoms with Crippen LogP contribution in [0.5, 0.6) is 0 Å². The van der Waals surface area contributed by atoms with Crippen molar-refractivity contribution in [2.24, 2.45) is 5.92 Å². The zero-order valence-corrected chi connectivity index (χ0v) is 18.6. The first-order chi connectivity index (χ1) is 13.3. The van der Waals surface area contributed by atoms with Gasteiger partial charge in [-0.3, -0.25) is 14.4 Å². The van der Waals surface area contributed by atoms with E-state index in [9.17, 15) is 14.4 Å². The van der Waals surface area contributed by atoms with Crippen molar-refractivity contribution in [1.29, 1.82) is 0 Å². The molecule has 0 fully saturated rings. The molecule has 3 N–H and O–H groups in total. The van der Waals surface area contributed by atoms with E-state index in [4.69, 9.17) is 0 Å². The Morgan fingerprint density at radius 2 is 2.00 bits per heavy atom. The van der Waals surface area contributed by atoms with Crippen LogP contribution < -0.4 is 16.2 Å². The van der Waals surface area contributed by atoms with Gasteiger partial charge >= 0.3 is 0 Å². The molecular weight excluding hydrogens is 396 g/mol. The highest BCUT2D eigenvalue weighted by Crippen LogP contribution is 2.30. The fourth-order valence-corrected chi connectivity index (χ4v) is 4.56. The number of nitrogens with zero attached hydrogens (tertiary/aromatic N) is 1. The Morgan fingerprint density at radius 3 is 2.64 bits per heavy atom. The summed E-state index contributed by atoms with van der Waals surface area (Å²) >= 11 is 2.67. The fraction of sp³-hybridized carbons (Fsp3) is 0.579. The number of nitrogens with one attached hydrogen (secondary N) is 3. The molecule has 2 rings (SSSR count). The summed E-state index contributed by atoms with van der Waals surface area (Å²) in [5, 5.41) is 6.38. The van der Waals surface area contributed by atoms with Crippen molar-refractivity contribution in [3.8, 4) is 0 Å². The first-order valence-electron chi connectivity index (χ1n) is 9.48. The van der Waals surface area contributed by atoms with Crippen molar-refractivity contribution < 1.29 is 9.59 Å². The number of carbonyl (C=O) groups is 2. The number of fused-ring (bicyclic) bond motifs is 1. The monoisotopic (exact) mass is 424 g/mol. The summed E-state index contributed by atoms with van der Waals surface area (Å²) in [5.74, 6) is 0.0611. The predicted octanol–water partition coefficient (Wildman–Crippen LogP) is 2.61. The van der Waals surface area contributed by atoms with E-state index in [-0.39, 0.29) is 23.1 Å². The number of rotatable bonds is 9. The third-order valence-electron chi connectivity index (χ3n) is 4.55. The molecule has 0 bridgehead atoms. The maximum Gasteiger partial charge on any atom is 0.260 e. The summed E-state index contributed by atoms with van der Waals surface area (Å²) in [4.78, 5) is 45.5. The Morgan fingerprint density at radius 1 is 1.29 bits per heavy atom. The van der Waals surface area contributed by atoms with Crippen LogP contribution in [0.1, 0.15) is 44.6 Å². The van der Waals surface area contributed by atoms with Crippen LogP contribution in [0.4, 0.5) is 0 Å². The van der Waals surface area contributed by atoms with Gasteiger partial charge < -0.3 is 15.6 Å². The summed E-state index contributed by atoms with van der Waals surface area (Å²) in [6.07, 6.45) is 1.92. The van der Waals surface area contributed by atoms with E-state index < -0.39 is 6.04 Å². The van der Waals surface area contributed by atoms with Crippen molar-refractivity contribution in [1.82, 2.24) is 20.6 Å². The number of aromatic amines is 1. The van der Waals surface area contributed by atoms with Crippen LogP contribution in [0.25, 0.3) is 10.2 Å². The highest BCUT2D eigenvalue weighted by molar-refractivity contribution is 7.99. The molecule has 0 unspecified atom stereocenters. The number of H-pyrrole nitrogens is 1. The van der Waals surface area contributed by atoms with Gasteiger partial charge in [0.25, 0.3) is 5.56 Å². The second-order valence-corrected chi connectivity index (χ2v) is 9.05. The van der Waals surface area contributed by atoms with E-state index in [1.165, 1.54) is 11.3 Å². The Balaban J connectivity index is 2.09. The summed E-state index contributed by atoms with van der Waals surface area (Å²) in [7, 11) is 0. The number of hydrogen-bond acceptors (Lipinski definition) is 6. The van der Waals surface area contributed by atoms with E-state index in [1.54, 1.807) is 6.92 Å².